The third-order valence-electron chi connectivity index (χ3n) is 5.83. The van der Waals surface area contributed by atoms with Crippen LogP contribution in [0, 0.1) is 12.3 Å². The van der Waals surface area contributed by atoms with E-state index in [0.717, 1.165) is 38.4 Å². The van der Waals surface area contributed by atoms with E-state index >= 15 is 0 Å². The van der Waals surface area contributed by atoms with Gasteiger partial charge in [-0.2, -0.15) is 0 Å². The van der Waals surface area contributed by atoms with Crippen LogP contribution in [-0.2, 0) is 9.59 Å². The predicted molar refractivity (Wildman–Crippen MR) is 124 cm³/mol. The summed E-state index contributed by atoms with van der Waals surface area (Å²) in [6.07, 6.45) is 2.50. The number of aliphatic hydroxyl groups excluding tert-OH is 1. The maximum atomic E-state index is 12.3. The van der Waals surface area contributed by atoms with Gasteiger partial charge in [-0.1, -0.05) is 31.5 Å². The number of aliphatic imine (C=N–C) groups is 1. The van der Waals surface area contributed by atoms with Gasteiger partial charge in [0, 0.05) is 57.5 Å². The van der Waals surface area contributed by atoms with E-state index < -0.39 is 0 Å². The number of aliphatic hydroxyl groups is 1. The summed E-state index contributed by atoms with van der Waals surface area (Å²) in [5.74, 6) is 0.132. The Hall–Kier alpha value is -2.51. The van der Waals surface area contributed by atoms with E-state index in [1.165, 1.54) is 5.56 Å². The largest absolute Gasteiger partial charge is 0.511 e. The van der Waals surface area contributed by atoms with Gasteiger partial charge >= 0.3 is 0 Å². The van der Waals surface area contributed by atoms with Gasteiger partial charge in [-0.3, -0.25) is 24.4 Å². The molecule has 31 heavy (non-hydrogen) atoms. The van der Waals surface area contributed by atoms with Crippen LogP contribution >= 0.6 is 0 Å². The molecule has 1 aromatic carbocycles. The number of piperazine rings is 1. The highest BCUT2D eigenvalue weighted by Crippen LogP contribution is 2.35. The zero-order valence-corrected chi connectivity index (χ0v) is 18.9. The normalized spacial score (nSPS) is 20.4. The number of aryl methyl sites for hydroxylation is 1. The molecule has 0 bridgehead atoms. The molecule has 2 aliphatic rings. The molecule has 7 nitrogen and oxygen atoms in total. The molecule has 168 valence electrons. The zero-order chi connectivity index (χ0) is 22.4. The SMILES string of the molecule is Cc1ccc(NC(=O)CN2CCN(CCN=CC3=C(O)CC(C)(C)CC3=O)CC2)cc1. The number of nitrogens with zero attached hydrogens (tertiary/aromatic N) is 3. The fraction of sp³-hybridized carbons (Fsp3) is 0.542. The smallest absolute Gasteiger partial charge is 0.238 e. The van der Waals surface area contributed by atoms with Crippen molar-refractivity contribution in [2.75, 3.05) is 51.1 Å². The summed E-state index contributed by atoms with van der Waals surface area (Å²) >= 11 is 0. The molecule has 0 saturated carbocycles. The third kappa shape index (κ3) is 7.01. The van der Waals surface area contributed by atoms with E-state index in [1.807, 2.05) is 45.0 Å². The Morgan fingerprint density at radius 2 is 1.77 bits per heavy atom. The summed E-state index contributed by atoms with van der Waals surface area (Å²) in [5.41, 5.74) is 2.17. The Labute approximate surface area is 184 Å². The summed E-state index contributed by atoms with van der Waals surface area (Å²) in [7, 11) is 0. The number of hydrogen-bond donors (Lipinski definition) is 2. The minimum Gasteiger partial charge on any atom is -0.511 e. The highest BCUT2D eigenvalue weighted by molar-refractivity contribution is 6.14. The lowest BCUT2D eigenvalue weighted by Crippen LogP contribution is -2.49. The number of hydrogen-bond acceptors (Lipinski definition) is 6. The van der Waals surface area contributed by atoms with Crippen LogP contribution in [0.4, 0.5) is 5.69 Å². The molecule has 1 saturated heterocycles. The van der Waals surface area contributed by atoms with Crippen molar-refractivity contribution in [3.8, 4) is 0 Å². The van der Waals surface area contributed by atoms with Gasteiger partial charge in [0.05, 0.1) is 18.7 Å². The van der Waals surface area contributed by atoms with Crippen LogP contribution in [0.3, 0.4) is 0 Å². The Balaban J connectivity index is 1.36. The first-order chi connectivity index (χ1) is 14.7. The van der Waals surface area contributed by atoms with Crippen molar-refractivity contribution >= 4 is 23.6 Å². The second kappa shape index (κ2) is 10.2. The minimum atomic E-state index is -0.185. The van der Waals surface area contributed by atoms with Crippen LogP contribution in [0.5, 0.6) is 0 Å². The first kappa shape index (κ1) is 23.2. The van der Waals surface area contributed by atoms with Gasteiger partial charge in [0.2, 0.25) is 5.91 Å². The van der Waals surface area contributed by atoms with Gasteiger partial charge in [0.25, 0.3) is 0 Å². The second-order valence-corrected chi connectivity index (χ2v) is 9.37. The van der Waals surface area contributed by atoms with Crippen LogP contribution in [-0.4, -0.2) is 78.6 Å². The molecule has 1 amide bonds. The monoisotopic (exact) mass is 426 g/mol. The Kier molecular flexibility index (Phi) is 7.62. The van der Waals surface area contributed by atoms with Crippen LogP contribution in [0.1, 0.15) is 32.3 Å². The molecule has 0 radical (unpaired) electrons. The number of allylic oxidation sites excluding steroid dienone is 2. The molecule has 1 aromatic rings. The molecule has 1 aliphatic heterocycles. The average Bonchev–Trinajstić information content (AvgIpc) is 2.69. The van der Waals surface area contributed by atoms with Gasteiger partial charge in [-0.25, -0.2) is 0 Å². The number of carbonyl (C=O) groups excluding carboxylic acids is 2. The summed E-state index contributed by atoms with van der Waals surface area (Å²) in [6, 6.07) is 7.81. The number of ketones is 1. The highest BCUT2D eigenvalue weighted by atomic mass is 16.3. The van der Waals surface area contributed by atoms with E-state index in [9.17, 15) is 14.7 Å². The lowest BCUT2D eigenvalue weighted by Gasteiger charge is -2.33. The van der Waals surface area contributed by atoms with E-state index in [1.54, 1.807) is 6.21 Å². The maximum absolute atomic E-state index is 12.3. The van der Waals surface area contributed by atoms with Gasteiger partial charge < -0.3 is 10.4 Å². The Morgan fingerprint density at radius 3 is 2.42 bits per heavy atom. The van der Waals surface area contributed by atoms with Crippen LogP contribution in [0.2, 0.25) is 0 Å². The van der Waals surface area contributed by atoms with Crippen molar-refractivity contribution in [2.45, 2.75) is 33.6 Å². The lowest BCUT2D eigenvalue weighted by atomic mass is 9.77. The number of rotatable bonds is 7. The van der Waals surface area contributed by atoms with Crippen LogP contribution < -0.4 is 5.32 Å². The van der Waals surface area contributed by atoms with Crippen molar-refractivity contribution in [1.29, 1.82) is 0 Å². The van der Waals surface area contributed by atoms with Crippen LogP contribution in [0.25, 0.3) is 0 Å². The zero-order valence-electron chi connectivity index (χ0n) is 18.9. The molecule has 0 spiro atoms. The number of Topliss-reactive ketones (excluding diaryl/α,β-unsaturated/α-hetero) is 1. The van der Waals surface area contributed by atoms with Crippen molar-refractivity contribution in [1.82, 2.24) is 9.80 Å². The molecule has 0 atom stereocenters. The maximum Gasteiger partial charge on any atom is 0.238 e. The number of anilines is 1. The molecule has 1 aliphatic carbocycles. The molecule has 7 heteroatoms. The molecule has 3 rings (SSSR count). The lowest BCUT2D eigenvalue weighted by molar-refractivity contribution is -0.118. The number of amides is 1. The average molecular weight is 427 g/mol. The van der Waals surface area contributed by atoms with Gasteiger partial charge in [0.1, 0.15) is 5.76 Å². The topological polar surface area (TPSA) is 85.2 Å². The fourth-order valence-electron chi connectivity index (χ4n) is 4.01. The van der Waals surface area contributed by atoms with Gasteiger partial charge in [-0.15, -0.1) is 0 Å². The quantitative estimate of drug-likeness (QED) is 0.655. The van der Waals surface area contributed by atoms with Crippen molar-refractivity contribution in [3.05, 3.63) is 41.2 Å². The van der Waals surface area contributed by atoms with Crippen molar-refractivity contribution in [3.63, 3.8) is 0 Å². The second-order valence-electron chi connectivity index (χ2n) is 9.37. The highest BCUT2D eigenvalue weighted by Gasteiger charge is 2.32. The molecule has 2 N–H and O–H groups in total. The Morgan fingerprint density at radius 1 is 1.13 bits per heavy atom. The van der Waals surface area contributed by atoms with Crippen LogP contribution in [0.15, 0.2) is 40.6 Å². The van der Waals surface area contributed by atoms with Gasteiger partial charge in [-0.05, 0) is 24.5 Å². The first-order valence-corrected chi connectivity index (χ1v) is 11.0. The van der Waals surface area contributed by atoms with Crippen molar-refractivity contribution in [2.24, 2.45) is 10.4 Å². The van der Waals surface area contributed by atoms with Gasteiger partial charge in [0.15, 0.2) is 5.78 Å². The molecule has 0 unspecified atom stereocenters. The molecular formula is C24H34N4O3. The first-order valence-electron chi connectivity index (χ1n) is 11.0. The van der Waals surface area contributed by atoms with E-state index in [-0.39, 0.29) is 22.9 Å². The Bertz CT molecular complexity index is 850. The predicted octanol–water partition coefficient (Wildman–Crippen LogP) is 2.82. The van der Waals surface area contributed by atoms with E-state index in [4.69, 9.17) is 0 Å². The molecule has 0 aromatic heterocycles. The summed E-state index contributed by atoms with van der Waals surface area (Å²) in [6.45, 7) is 11.2. The minimum absolute atomic E-state index is 0.00955. The molecule has 1 fully saturated rings. The number of benzene rings is 1. The summed E-state index contributed by atoms with van der Waals surface area (Å²) < 4.78 is 0. The van der Waals surface area contributed by atoms with E-state index in [2.05, 4.69) is 20.1 Å². The number of carbonyl (C=O) groups is 2. The molecular weight excluding hydrogens is 392 g/mol. The van der Waals surface area contributed by atoms with Crippen molar-refractivity contribution < 1.29 is 14.7 Å². The third-order valence-corrected chi connectivity index (χ3v) is 5.83. The fourth-order valence-corrected chi connectivity index (χ4v) is 4.01. The molecule has 1 heterocycles. The standard InChI is InChI=1S/C24H34N4O3/c1-18-4-6-19(7-5-18)26-23(31)17-28-12-10-27(11-13-28)9-8-25-16-20-21(29)14-24(2,3)15-22(20)30/h4-7,16,29H,8-15,17H2,1-3H3,(H,26,31). The number of nitrogens with one attached hydrogen (secondary N) is 1. The summed E-state index contributed by atoms with van der Waals surface area (Å²) in [4.78, 5) is 33.3. The van der Waals surface area contributed by atoms with E-state index in [0.29, 0.717) is 31.5 Å². The summed E-state index contributed by atoms with van der Waals surface area (Å²) in [5, 5.41) is 13.1.